The van der Waals surface area contributed by atoms with Crippen molar-refractivity contribution in [1.29, 1.82) is 0 Å². The van der Waals surface area contributed by atoms with Gasteiger partial charge in [-0.3, -0.25) is 9.69 Å². The fourth-order valence-electron chi connectivity index (χ4n) is 2.23. The van der Waals surface area contributed by atoms with E-state index in [0.29, 0.717) is 19.6 Å². The molecule has 1 aromatic rings. The second kappa shape index (κ2) is 6.51. The number of carbonyl (C=O) groups excluding carboxylic acids is 1. The third kappa shape index (κ3) is 3.28. The summed E-state index contributed by atoms with van der Waals surface area (Å²) in [6.45, 7) is 5.83. The van der Waals surface area contributed by atoms with Gasteiger partial charge in [-0.15, -0.1) is 0 Å². The fraction of sp³-hybridized carbons (Fsp3) is 0.692. The van der Waals surface area contributed by atoms with E-state index in [1.54, 1.807) is 0 Å². The van der Waals surface area contributed by atoms with E-state index in [4.69, 9.17) is 5.11 Å². The molecule has 1 aliphatic rings. The number of aliphatic hydroxyl groups excluding tert-OH is 1. The van der Waals surface area contributed by atoms with Crippen LogP contribution < -0.4 is 4.90 Å². The number of rotatable bonds is 4. The number of amides is 1. The molecule has 2 heterocycles. The highest BCUT2D eigenvalue weighted by Crippen LogP contribution is 2.26. The van der Waals surface area contributed by atoms with E-state index in [0.717, 1.165) is 28.8 Å². The lowest BCUT2D eigenvalue weighted by atomic mass is 10.2. The Balaban J connectivity index is 2.02. The molecule has 2 rings (SSSR count). The number of piperazine rings is 1. The Morgan fingerprint density at radius 1 is 1.35 bits per heavy atom. The van der Waals surface area contributed by atoms with Gasteiger partial charge in [0.15, 0.2) is 5.13 Å². The van der Waals surface area contributed by atoms with Crippen molar-refractivity contribution in [2.24, 2.45) is 0 Å². The van der Waals surface area contributed by atoms with E-state index < -0.39 is 0 Å². The highest BCUT2D eigenvalue weighted by atomic mass is 32.1. The van der Waals surface area contributed by atoms with Crippen molar-refractivity contribution < 1.29 is 9.90 Å². The Labute approximate surface area is 123 Å². The van der Waals surface area contributed by atoms with Crippen LogP contribution in [0.15, 0.2) is 0 Å². The highest BCUT2D eigenvalue weighted by Gasteiger charge is 2.25. The smallest absolute Gasteiger partial charge is 0.266 e. The van der Waals surface area contributed by atoms with Crippen LogP contribution in [0.2, 0.25) is 0 Å². The van der Waals surface area contributed by atoms with Crippen LogP contribution in [0, 0.1) is 6.92 Å². The second-order valence-electron chi connectivity index (χ2n) is 5.16. The molecule has 0 atom stereocenters. The monoisotopic (exact) mass is 298 g/mol. The summed E-state index contributed by atoms with van der Waals surface area (Å²) in [5.74, 6) is 0.0803. The lowest BCUT2D eigenvalue weighted by molar-refractivity contribution is 0.0618. The Morgan fingerprint density at radius 2 is 2.00 bits per heavy atom. The summed E-state index contributed by atoms with van der Waals surface area (Å²) < 4.78 is 0. The third-order valence-electron chi connectivity index (χ3n) is 3.44. The van der Waals surface area contributed by atoms with E-state index in [-0.39, 0.29) is 12.5 Å². The first-order chi connectivity index (χ1) is 9.52. The van der Waals surface area contributed by atoms with Gasteiger partial charge in [-0.1, -0.05) is 11.3 Å². The molecule has 0 radical (unpaired) electrons. The van der Waals surface area contributed by atoms with Crippen molar-refractivity contribution in [3.8, 4) is 0 Å². The number of thiazole rings is 1. The Kier molecular flexibility index (Phi) is 4.95. The number of hydrogen-bond acceptors (Lipinski definition) is 6. The van der Waals surface area contributed by atoms with E-state index in [9.17, 15) is 4.79 Å². The van der Waals surface area contributed by atoms with Gasteiger partial charge in [-0.2, -0.15) is 0 Å². The van der Waals surface area contributed by atoms with Crippen LogP contribution in [0.3, 0.4) is 0 Å². The zero-order chi connectivity index (χ0) is 14.7. The Hall–Kier alpha value is -1.18. The average Bonchev–Trinajstić information content (AvgIpc) is 2.81. The number of aromatic nitrogens is 1. The predicted octanol–water partition coefficient (Wildman–Crippen LogP) is 0.268. The number of anilines is 1. The molecule has 0 aliphatic carbocycles. The minimum Gasteiger partial charge on any atom is -0.395 e. The zero-order valence-corrected chi connectivity index (χ0v) is 13.1. The maximum atomic E-state index is 12.5. The molecule has 1 saturated heterocycles. The second-order valence-corrected chi connectivity index (χ2v) is 6.14. The van der Waals surface area contributed by atoms with Crippen molar-refractivity contribution >= 4 is 22.4 Å². The summed E-state index contributed by atoms with van der Waals surface area (Å²) in [5, 5.41) is 9.79. The van der Waals surface area contributed by atoms with Crippen molar-refractivity contribution in [2.45, 2.75) is 6.92 Å². The normalized spacial score (nSPS) is 16.5. The molecular weight excluding hydrogens is 276 g/mol. The van der Waals surface area contributed by atoms with Crippen LogP contribution >= 0.6 is 11.3 Å². The van der Waals surface area contributed by atoms with Gasteiger partial charge in [0.25, 0.3) is 5.91 Å². The molecular formula is C13H22N4O2S. The molecule has 0 saturated carbocycles. The first-order valence-corrected chi connectivity index (χ1v) is 7.62. The Bertz CT molecular complexity index is 467. The van der Waals surface area contributed by atoms with Gasteiger partial charge in [0, 0.05) is 46.8 Å². The highest BCUT2D eigenvalue weighted by molar-refractivity contribution is 7.17. The van der Waals surface area contributed by atoms with Crippen molar-refractivity contribution in [2.75, 3.05) is 58.3 Å². The molecule has 7 heteroatoms. The van der Waals surface area contributed by atoms with E-state index >= 15 is 0 Å². The fourth-order valence-corrected chi connectivity index (χ4v) is 3.19. The van der Waals surface area contributed by atoms with Crippen molar-refractivity contribution in [1.82, 2.24) is 14.8 Å². The van der Waals surface area contributed by atoms with Gasteiger partial charge in [0.2, 0.25) is 0 Å². The van der Waals surface area contributed by atoms with Gasteiger partial charge in [0.05, 0.1) is 12.3 Å². The average molecular weight is 298 g/mol. The van der Waals surface area contributed by atoms with Crippen LogP contribution in [0.25, 0.3) is 0 Å². The molecule has 1 fully saturated rings. The van der Waals surface area contributed by atoms with Gasteiger partial charge >= 0.3 is 0 Å². The summed E-state index contributed by atoms with van der Waals surface area (Å²) in [4.78, 5) is 23.7. The largest absolute Gasteiger partial charge is 0.395 e. The summed E-state index contributed by atoms with van der Waals surface area (Å²) >= 11 is 1.45. The number of nitrogens with zero attached hydrogens (tertiary/aromatic N) is 4. The van der Waals surface area contributed by atoms with Crippen molar-refractivity contribution in [3.05, 3.63) is 10.6 Å². The van der Waals surface area contributed by atoms with Crippen LogP contribution in [-0.2, 0) is 0 Å². The first kappa shape index (κ1) is 15.2. The van der Waals surface area contributed by atoms with Crippen LogP contribution in [0.5, 0.6) is 0 Å². The van der Waals surface area contributed by atoms with Crippen LogP contribution in [-0.4, -0.2) is 79.2 Å². The molecule has 1 aromatic heterocycles. The molecule has 0 aromatic carbocycles. The topological polar surface area (TPSA) is 59.9 Å². The maximum Gasteiger partial charge on any atom is 0.266 e. The molecule has 0 spiro atoms. The first-order valence-electron chi connectivity index (χ1n) is 6.80. The SMILES string of the molecule is Cc1nc(N(C)C)sc1C(=O)N1CCN(CCO)CC1. The number of carbonyl (C=O) groups is 1. The summed E-state index contributed by atoms with van der Waals surface area (Å²) in [6.07, 6.45) is 0. The molecule has 1 aliphatic heterocycles. The van der Waals surface area contributed by atoms with Gasteiger partial charge in [0.1, 0.15) is 4.88 Å². The third-order valence-corrected chi connectivity index (χ3v) is 4.75. The number of β-amino-alcohol motifs (C(OH)–C–C–N with tert-alkyl or cyclic N) is 1. The van der Waals surface area contributed by atoms with Gasteiger partial charge < -0.3 is 14.9 Å². The van der Waals surface area contributed by atoms with E-state index in [1.807, 2.05) is 30.8 Å². The maximum absolute atomic E-state index is 12.5. The standard InChI is InChI=1S/C13H22N4O2S/c1-10-11(20-13(14-10)15(2)3)12(19)17-6-4-16(5-7-17)8-9-18/h18H,4-9H2,1-3H3. The number of aryl methyl sites for hydroxylation is 1. The lowest BCUT2D eigenvalue weighted by Gasteiger charge is -2.34. The molecule has 20 heavy (non-hydrogen) atoms. The van der Waals surface area contributed by atoms with E-state index in [2.05, 4.69) is 9.88 Å². The lowest BCUT2D eigenvalue weighted by Crippen LogP contribution is -2.49. The quantitative estimate of drug-likeness (QED) is 0.864. The zero-order valence-electron chi connectivity index (χ0n) is 12.3. The van der Waals surface area contributed by atoms with Gasteiger partial charge in [-0.05, 0) is 6.92 Å². The summed E-state index contributed by atoms with van der Waals surface area (Å²) in [7, 11) is 3.86. The molecule has 112 valence electrons. The number of aliphatic hydroxyl groups is 1. The molecule has 0 bridgehead atoms. The predicted molar refractivity (Wildman–Crippen MR) is 80.6 cm³/mol. The van der Waals surface area contributed by atoms with Gasteiger partial charge in [-0.25, -0.2) is 4.98 Å². The molecule has 1 amide bonds. The minimum atomic E-state index is 0.0803. The van der Waals surface area contributed by atoms with Crippen LogP contribution in [0.4, 0.5) is 5.13 Å². The summed E-state index contributed by atoms with van der Waals surface area (Å²) in [5.41, 5.74) is 0.807. The number of hydrogen-bond donors (Lipinski definition) is 1. The molecule has 1 N–H and O–H groups in total. The van der Waals surface area contributed by atoms with Crippen LogP contribution in [0.1, 0.15) is 15.4 Å². The summed E-state index contributed by atoms with van der Waals surface area (Å²) in [6, 6.07) is 0. The molecule has 0 unspecified atom stereocenters. The minimum absolute atomic E-state index is 0.0803. The van der Waals surface area contributed by atoms with E-state index in [1.165, 1.54) is 11.3 Å². The van der Waals surface area contributed by atoms with Crippen molar-refractivity contribution in [3.63, 3.8) is 0 Å². The Morgan fingerprint density at radius 3 is 2.50 bits per heavy atom. The molecule has 6 nitrogen and oxygen atoms in total.